The molecule has 0 atom stereocenters. The zero-order chi connectivity index (χ0) is 45.7. The maximum atomic E-state index is 15.5. The van der Waals surface area contributed by atoms with E-state index < -0.39 is 125 Å². The molecule has 332 valence electrons. The van der Waals surface area contributed by atoms with Crippen LogP contribution < -0.4 is 14.2 Å². The van der Waals surface area contributed by atoms with Crippen LogP contribution in [0.25, 0.3) is 0 Å². The Balaban J connectivity index is 2.17. The fourth-order valence-corrected chi connectivity index (χ4v) is 10.8. The van der Waals surface area contributed by atoms with Gasteiger partial charge in [0.1, 0.15) is 38.9 Å². The van der Waals surface area contributed by atoms with Crippen molar-refractivity contribution in [3.8, 4) is 17.2 Å². The third kappa shape index (κ3) is 12.3. The van der Waals surface area contributed by atoms with Crippen LogP contribution >= 0.6 is 10.3 Å². The van der Waals surface area contributed by atoms with Crippen molar-refractivity contribution in [3.05, 3.63) is 102 Å². The molecule has 61 heavy (non-hydrogen) atoms. The number of carbonyl (C=O) groups is 3. The molecule has 0 radical (unpaired) electrons. The lowest BCUT2D eigenvalue weighted by atomic mass is 10.2. The number of benzene rings is 4. The van der Waals surface area contributed by atoms with Gasteiger partial charge in [-0.25, -0.2) is 40.0 Å². The zero-order valence-electron chi connectivity index (χ0n) is 34.7. The van der Waals surface area contributed by atoms with Crippen LogP contribution in [-0.2, 0) is 42.3 Å². The van der Waals surface area contributed by atoms with Crippen LogP contribution in [0.15, 0.2) is 92.4 Å². The largest absolute Gasteiger partial charge is 0.482 e. The molecule has 0 saturated heterocycles. The number of esters is 3. The first-order chi connectivity index (χ1) is 28.1. The van der Waals surface area contributed by atoms with Gasteiger partial charge in [-0.2, -0.15) is 8.42 Å². The molecule has 0 fully saturated rings. The fourth-order valence-electron chi connectivity index (χ4n) is 5.34. The monoisotopic (exact) mass is 900 g/mol. The van der Waals surface area contributed by atoms with Crippen molar-refractivity contribution < 1.29 is 76.8 Å². The summed E-state index contributed by atoms with van der Waals surface area (Å²) in [4.78, 5) is 36.0. The molecular weight excluding hydrogens is 856 g/mol. The normalized spacial score (nSPS) is 12.6. The van der Waals surface area contributed by atoms with Crippen molar-refractivity contribution in [2.75, 3.05) is 19.8 Å². The molecule has 0 aliphatic rings. The molecule has 0 aliphatic carbocycles. The van der Waals surface area contributed by atoms with Gasteiger partial charge in [-0.3, -0.25) is 0 Å². The Morgan fingerprint density at radius 2 is 0.820 bits per heavy atom. The molecule has 0 N–H and O–H groups in total. The van der Waals surface area contributed by atoms with Gasteiger partial charge in [0.05, 0.1) is 0 Å². The third-order valence-electron chi connectivity index (χ3n) is 7.35. The topological polar surface area (TPSA) is 150 Å². The lowest BCUT2D eigenvalue weighted by Crippen LogP contribution is -2.28. The Labute approximate surface area is 351 Å². The first-order valence-electron chi connectivity index (χ1n) is 18.3. The Hall–Kier alpha value is -5.40. The van der Waals surface area contributed by atoms with Crippen LogP contribution in [0.1, 0.15) is 62.3 Å². The molecule has 12 nitrogen and oxygen atoms in total. The number of hydrogen-bond acceptors (Lipinski definition) is 12. The van der Waals surface area contributed by atoms with Crippen molar-refractivity contribution in [2.45, 2.75) is 98.7 Å². The molecule has 4 aromatic carbocycles. The SMILES string of the molecule is CC(C)(C)OC(=O)COc1cc(OCC(=O)OC(C)(C)C)c(S(OS(=O)(=O)c2c(F)c(F)c(F)c(F)c2F)(c2ccccc2)c2ccccc2)c(OCC(=O)OC(C)(C)C)c1. The Kier molecular flexibility index (Phi) is 14.8. The molecule has 0 unspecified atom stereocenters. The number of ether oxygens (including phenoxy) is 6. The Morgan fingerprint density at radius 1 is 0.492 bits per heavy atom. The maximum absolute atomic E-state index is 15.5. The smallest absolute Gasteiger partial charge is 0.344 e. The highest BCUT2D eigenvalue weighted by Crippen LogP contribution is 2.74. The number of hydrogen-bond donors (Lipinski definition) is 0. The van der Waals surface area contributed by atoms with Gasteiger partial charge in [-0.1, -0.05) is 36.4 Å². The minimum absolute atomic E-state index is 0.111. The van der Waals surface area contributed by atoms with Gasteiger partial charge < -0.3 is 28.4 Å². The summed E-state index contributed by atoms with van der Waals surface area (Å²) >= 11 is 0. The van der Waals surface area contributed by atoms with E-state index in [2.05, 4.69) is 0 Å². The lowest BCUT2D eigenvalue weighted by Gasteiger charge is -2.41. The van der Waals surface area contributed by atoms with Gasteiger partial charge in [-0.15, -0.1) is 0 Å². The molecule has 4 rings (SSSR count). The van der Waals surface area contributed by atoms with Gasteiger partial charge in [-0.05, 0) is 96.9 Å². The molecule has 0 spiro atoms. The van der Waals surface area contributed by atoms with Crippen molar-refractivity contribution in [2.24, 2.45) is 0 Å². The second-order valence-electron chi connectivity index (χ2n) is 16.0. The summed E-state index contributed by atoms with van der Waals surface area (Å²) in [7, 11) is -10.4. The van der Waals surface area contributed by atoms with Crippen LogP contribution in [0.4, 0.5) is 22.0 Å². The Morgan fingerprint density at radius 3 is 1.16 bits per heavy atom. The van der Waals surface area contributed by atoms with E-state index in [0.29, 0.717) is 0 Å². The zero-order valence-corrected chi connectivity index (χ0v) is 36.3. The summed E-state index contributed by atoms with van der Waals surface area (Å²) in [6.07, 6.45) is 0. The van der Waals surface area contributed by atoms with Crippen molar-refractivity contribution >= 4 is 38.3 Å². The van der Waals surface area contributed by atoms with E-state index in [1.165, 1.54) is 60.7 Å². The summed E-state index contributed by atoms with van der Waals surface area (Å²) in [5.41, 5.74) is -2.99. The average molecular weight is 901 g/mol. The van der Waals surface area contributed by atoms with Crippen LogP contribution in [-0.4, -0.2) is 62.9 Å². The fraction of sp³-hybridized carbons (Fsp3) is 0.357. The maximum Gasteiger partial charge on any atom is 0.344 e. The molecule has 4 aromatic rings. The molecule has 0 aromatic heterocycles. The second-order valence-corrected chi connectivity index (χ2v) is 20.3. The molecule has 0 bridgehead atoms. The van der Waals surface area contributed by atoms with Gasteiger partial charge in [0.15, 0.2) is 48.0 Å². The summed E-state index contributed by atoms with van der Waals surface area (Å²) in [6, 6.07) is 16.2. The van der Waals surface area contributed by atoms with Gasteiger partial charge in [0.25, 0.3) is 0 Å². The number of rotatable bonds is 15. The molecule has 19 heteroatoms. The third-order valence-corrected chi connectivity index (χ3v) is 12.6. The highest BCUT2D eigenvalue weighted by molar-refractivity contribution is 8.33. The highest BCUT2D eigenvalue weighted by atomic mass is 32.3. The minimum Gasteiger partial charge on any atom is -0.482 e. The van der Waals surface area contributed by atoms with Crippen LogP contribution in [0, 0.1) is 29.1 Å². The summed E-state index contributed by atoms with van der Waals surface area (Å²) < 4.78 is 143. The summed E-state index contributed by atoms with van der Waals surface area (Å²) in [5.74, 6) is -17.3. The average Bonchev–Trinajstić information content (AvgIpc) is 3.14. The molecule has 0 aliphatic heterocycles. The van der Waals surface area contributed by atoms with E-state index in [1.807, 2.05) is 0 Å². The Bertz CT molecular complexity index is 2240. The van der Waals surface area contributed by atoms with E-state index in [4.69, 9.17) is 32.1 Å². The van der Waals surface area contributed by atoms with E-state index in [0.717, 1.165) is 12.1 Å². The minimum atomic E-state index is -6.13. The second kappa shape index (κ2) is 18.7. The molecular formula is C42H45F5O12S2. The first-order valence-corrected chi connectivity index (χ1v) is 21.2. The van der Waals surface area contributed by atoms with E-state index in [9.17, 15) is 36.0 Å². The van der Waals surface area contributed by atoms with Crippen LogP contribution in [0.3, 0.4) is 0 Å². The predicted molar refractivity (Wildman–Crippen MR) is 210 cm³/mol. The van der Waals surface area contributed by atoms with Crippen LogP contribution in [0.2, 0.25) is 0 Å². The van der Waals surface area contributed by atoms with Crippen molar-refractivity contribution in [3.63, 3.8) is 0 Å². The quantitative estimate of drug-likeness (QED) is 0.0368. The number of halogens is 5. The first kappa shape index (κ1) is 48.3. The standard InChI is InChI=1S/C42H45F5O12S2/c1-40(2,3)56-30(48)22-53-25-20-28(54-23-31(49)57-41(4,5)6)38(29(21-25)55-24-32(50)58-42(7,8)9)60(26-16-12-10-13-17-26,27-18-14-11-15-19-27)59-61(51,52)39-36(46)34(44)33(43)35(45)37(39)47/h10-21H,22-24H2,1-9H3. The summed E-state index contributed by atoms with van der Waals surface area (Å²) in [6.45, 7) is 11.7. The van der Waals surface area contributed by atoms with Gasteiger partial charge in [0.2, 0.25) is 5.82 Å². The van der Waals surface area contributed by atoms with Gasteiger partial charge >= 0.3 is 28.0 Å². The van der Waals surface area contributed by atoms with Crippen molar-refractivity contribution in [1.82, 2.24) is 0 Å². The highest BCUT2D eigenvalue weighted by Gasteiger charge is 2.46. The summed E-state index contributed by atoms with van der Waals surface area (Å²) in [5, 5.41) is 0. The van der Waals surface area contributed by atoms with Gasteiger partial charge in [0, 0.05) is 21.9 Å². The predicted octanol–water partition coefficient (Wildman–Crippen LogP) is 9.15. The van der Waals surface area contributed by atoms with Crippen LogP contribution in [0.5, 0.6) is 17.2 Å². The molecule has 0 heterocycles. The molecule has 0 saturated carbocycles. The van der Waals surface area contributed by atoms with Crippen molar-refractivity contribution in [1.29, 1.82) is 0 Å². The van der Waals surface area contributed by atoms with E-state index >= 15 is 8.78 Å². The van der Waals surface area contributed by atoms with E-state index in [-0.39, 0.29) is 15.5 Å². The number of carbonyl (C=O) groups excluding carboxylic acids is 3. The molecule has 0 amide bonds. The lowest BCUT2D eigenvalue weighted by molar-refractivity contribution is -0.158. The van der Waals surface area contributed by atoms with E-state index in [1.54, 1.807) is 62.3 Å².